The lowest BCUT2D eigenvalue weighted by Crippen LogP contribution is -2.03. The summed E-state index contributed by atoms with van der Waals surface area (Å²) >= 11 is 4.92. The van der Waals surface area contributed by atoms with E-state index in [2.05, 4.69) is 32.0 Å². The van der Waals surface area contributed by atoms with Gasteiger partial charge in [-0.1, -0.05) is 0 Å². The number of hydrogen-bond acceptors (Lipinski definition) is 4. The van der Waals surface area contributed by atoms with Crippen LogP contribution >= 0.6 is 27.3 Å². The van der Waals surface area contributed by atoms with E-state index in [4.69, 9.17) is 4.74 Å². The molecule has 0 aliphatic heterocycles. The van der Waals surface area contributed by atoms with E-state index >= 15 is 0 Å². The summed E-state index contributed by atoms with van der Waals surface area (Å²) in [5.41, 5.74) is 2.74. The van der Waals surface area contributed by atoms with Crippen molar-refractivity contribution >= 4 is 44.1 Å². The number of nitrogens with one attached hydrogen (secondary N) is 1. The van der Waals surface area contributed by atoms with Crippen LogP contribution in [0.4, 0.5) is 0 Å². The molecule has 0 saturated carbocycles. The molecule has 21 heavy (non-hydrogen) atoms. The second kappa shape index (κ2) is 5.61. The standard InChI is InChI=1S/C15H13BrN2O2S/c1-3-20-15(19)13-8(2)18-14(21-13)10-6-9-4-5-17-12(9)11(16)7-10/h4-7,17H,3H2,1-2H3. The highest BCUT2D eigenvalue weighted by atomic mass is 79.9. The summed E-state index contributed by atoms with van der Waals surface area (Å²) in [5.74, 6) is -0.305. The van der Waals surface area contributed by atoms with E-state index in [-0.39, 0.29) is 5.97 Å². The average Bonchev–Trinajstić information content (AvgIpc) is 3.05. The molecule has 0 aliphatic rings. The Morgan fingerprint density at radius 2 is 2.29 bits per heavy atom. The Morgan fingerprint density at radius 1 is 1.48 bits per heavy atom. The van der Waals surface area contributed by atoms with Gasteiger partial charge < -0.3 is 9.72 Å². The van der Waals surface area contributed by atoms with E-state index < -0.39 is 0 Å². The molecule has 0 saturated heterocycles. The first-order chi connectivity index (χ1) is 10.1. The van der Waals surface area contributed by atoms with Crippen molar-refractivity contribution in [2.24, 2.45) is 0 Å². The van der Waals surface area contributed by atoms with Gasteiger partial charge in [0.2, 0.25) is 0 Å². The molecule has 3 aromatic rings. The molecule has 0 amide bonds. The lowest BCUT2D eigenvalue weighted by molar-refractivity contribution is 0.0531. The maximum atomic E-state index is 11.9. The van der Waals surface area contributed by atoms with E-state index in [0.29, 0.717) is 17.2 Å². The largest absolute Gasteiger partial charge is 0.462 e. The first-order valence-electron chi connectivity index (χ1n) is 6.51. The van der Waals surface area contributed by atoms with Crippen LogP contribution in [0.15, 0.2) is 28.9 Å². The molecular formula is C15H13BrN2O2S. The number of halogens is 1. The lowest BCUT2D eigenvalue weighted by Gasteiger charge is -2.00. The highest BCUT2D eigenvalue weighted by Crippen LogP contribution is 2.33. The fraction of sp³-hybridized carbons (Fsp3) is 0.200. The summed E-state index contributed by atoms with van der Waals surface area (Å²) in [5, 5.41) is 1.92. The maximum Gasteiger partial charge on any atom is 0.350 e. The van der Waals surface area contributed by atoms with Crippen molar-refractivity contribution in [1.82, 2.24) is 9.97 Å². The van der Waals surface area contributed by atoms with Gasteiger partial charge in [-0.25, -0.2) is 9.78 Å². The normalized spacial score (nSPS) is 11.0. The molecule has 0 atom stereocenters. The minimum atomic E-state index is -0.305. The van der Waals surface area contributed by atoms with Crippen molar-refractivity contribution in [3.8, 4) is 10.6 Å². The van der Waals surface area contributed by atoms with Gasteiger partial charge in [0.05, 0.1) is 17.8 Å². The zero-order valence-electron chi connectivity index (χ0n) is 11.6. The number of aromatic nitrogens is 2. The highest BCUT2D eigenvalue weighted by Gasteiger charge is 2.17. The number of ether oxygens (including phenoxy) is 1. The molecule has 2 heterocycles. The zero-order chi connectivity index (χ0) is 15.0. The van der Waals surface area contributed by atoms with Gasteiger partial charge in [-0.2, -0.15) is 0 Å². The number of nitrogens with zero attached hydrogens (tertiary/aromatic N) is 1. The molecule has 0 fully saturated rings. The molecule has 0 spiro atoms. The summed E-state index contributed by atoms with van der Waals surface area (Å²) in [6.07, 6.45) is 1.90. The van der Waals surface area contributed by atoms with E-state index in [0.717, 1.165) is 25.9 Å². The van der Waals surface area contributed by atoms with Crippen LogP contribution in [0.5, 0.6) is 0 Å². The van der Waals surface area contributed by atoms with Crippen LogP contribution in [0.25, 0.3) is 21.5 Å². The minimum absolute atomic E-state index is 0.305. The molecule has 108 valence electrons. The van der Waals surface area contributed by atoms with Crippen LogP contribution in [0, 0.1) is 6.92 Å². The number of fused-ring (bicyclic) bond motifs is 1. The fourth-order valence-electron chi connectivity index (χ4n) is 2.16. The molecule has 1 N–H and O–H groups in total. The molecule has 0 aliphatic carbocycles. The van der Waals surface area contributed by atoms with Crippen molar-refractivity contribution in [3.63, 3.8) is 0 Å². The van der Waals surface area contributed by atoms with Crippen LogP contribution in [-0.4, -0.2) is 22.5 Å². The van der Waals surface area contributed by atoms with Crippen LogP contribution in [0.1, 0.15) is 22.3 Å². The number of aryl methyl sites for hydroxylation is 1. The third kappa shape index (κ3) is 2.61. The van der Waals surface area contributed by atoms with Crippen molar-refractivity contribution in [3.05, 3.63) is 39.4 Å². The van der Waals surface area contributed by atoms with Gasteiger partial charge in [0, 0.05) is 21.6 Å². The maximum absolute atomic E-state index is 11.9. The molecule has 4 nitrogen and oxygen atoms in total. The Bertz CT molecular complexity index is 822. The van der Waals surface area contributed by atoms with Crippen LogP contribution in [0.2, 0.25) is 0 Å². The van der Waals surface area contributed by atoms with Crippen molar-refractivity contribution in [2.45, 2.75) is 13.8 Å². The van der Waals surface area contributed by atoms with E-state index in [9.17, 15) is 4.79 Å². The lowest BCUT2D eigenvalue weighted by atomic mass is 10.1. The topological polar surface area (TPSA) is 55.0 Å². The quantitative estimate of drug-likeness (QED) is 0.694. The third-order valence-corrected chi connectivity index (χ3v) is 4.93. The molecule has 0 bridgehead atoms. The summed E-state index contributed by atoms with van der Waals surface area (Å²) in [7, 11) is 0. The van der Waals surface area contributed by atoms with Crippen LogP contribution in [-0.2, 0) is 4.74 Å². The Morgan fingerprint density at radius 3 is 3.05 bits per heavy atom. The first kappa shape index (κ1) is 14.3. The number of benzene rings is 1. The Kier molecular flexibility index (Phi) is 3.82. The van der Waals surface area contributed by atoms with Crippen molar-refractivity contribution < 1.29 is 9.53 Å². The first-order valence-corrected chi connectivity index (χ1v) is 8.12. The molecular weight excluding hydrogens is 352 g/mol. The Balaban J connectivity index is 2.06. The van der Waals surface area contributed by atoms with Gasteiger partial charge in [-0.05, 0) is 48.0 Å². The Labute approximate surface area is 134 Å². The van der Waals surface area contributed by atoms with Crippen molar-refractivity contribution in [1.29, 1.82) is 0 Å². The van der Waals surface area contributed by atoms with Gasteiger partial charge in [0.15, 0.2) is 0 Å². The number of esters is 1. The minimum Gasteiger partial charge on any atom is -0.462 e. The predicted octanol–water partition coefficient (Wildman–Crippen LogP) is 4.54. The molecule has 0 radical (unpaired) electrons. The summed E-state index contributed by atoms with van der Waals surface area (Å²) in [4.78, 5) is 20.1. The second-order valence-electron chi connectivity index (χ2n) is 4.55. The second-order valence-corrected chi connectivity index (χ2v) is 6.41. The molecule has 2 aromatic heterocycles. The van der Waals surface area contributed by atoms with Gasteiger partial charge in [0.25, 0.3) is 0 Å². The molecule has 6 heteroatoms. The number of carbonyl (C=O) groups is 1. The summed E-state index contributed by atoms with van der Waals surface area (Å²) in [6, 6.07) is 6.08. The monoisotopic (exact) mass is 364 g/mol. The smallest absolute Gasteiger partial charge is 0.350 e. The van der Waals surface area contributed by atoms with Crippen LogP contribution in [0.3, 0.4) is 0 Å². The van der Waals surface area contributed by atoms with Crippen LogP contribution < -0.4 is 0 Å². The number of rotatable bonds is 3. The number of thiazole rings is 1. The average molecular weight is 365 g/mol. The SMILES string of the molecule is CCOC(=O)c1sc(-c2cc(Br)c3[nH]ccc3c2)nc1C. The molecule has 3 rings (SSSR count). The summed E-state index contributed by atoms with van der Waals surface area (Å²) < 4.78 is 6.03. The van der Waals surface area contributed by atoms with E-state index in [1.54, 1.807) is 6.92 Å². The number of H-pyrrole nitrogens is 1. The van der Waals surface area contributed by atoms with Crippen molar-refractivity contribution in [2.75, 3.05) is 6.61 Å². The number of aromatic amines is 1. The zero-order valence-corrected chi connectivity index (χ0v) is 14.0. The predicted molar refractivity (Wildman–Crippen MR) is 87.8 cm³/mol. The molecule has 0 unspecified atom stereocenters. The van der Waals surface area contributed by atoms with Gasteiger partial charge >= 0.3 is 5.97 Å². The fourth-order valence-corrected chi connectivity index (χ4v) is 3.69. The van der Waals surface area contributed by atoms with Gasteiger partial charge in [-0.3, -0.25) is 0 Å². The number of carbonyl (C=O) groups excluding carboxylic acids is 1. The van der Waals surface area contributed by atoms with Gasteiger partial charge in [-0.15, -0.1) is 11.3 Å². The van der Waals surface area contributed by atoms with E-state index in [1.165, 1.54) is 11.3 Å². The number of hydrogen-bond donors (Lipinski definition) is 1. The third-order valence-electron chi connectivity index (χ3n) is 3.12. The highest BCUT2D eigenvalue weighted by molar-refractivity contribution is 9.10. The van der Waals surface area contributed by atoms with E-state index in [1.807, 2.05) is 25.3 Å². The molecule has 1 aromatic carbocycles. The Hall–Kier alpha value is -1.66. The van der Waals surface area contributed by atoms with Gasteiger partial charge in [0.1, 0.15) is 9.88 Å². The summed E-state index contributed by atoms with van der Waals surface area (Å²) in [6.45, 7) is 3.99.